The van der Waals surface area contributed by atoms with Crippen molar-refractivity contribution in [2.75, 3.05) is 17.7 Å². The fourth-order valence-corrected chi connectivity index (χ4v) is 2.06. The minimum absolute atomic E-state index is 0.427. The lowest BCUT2D eigenvalue weighted by Gasteiger charge is -2.08. The Morgan fingerprint density at radius 2 is 1.91 bits per heavy atom. The maximum Gasteiger partial charge on any atom is 0.249 e. The number of hydrogen-bond acceptors (Lipinski definition) is 6. The Hall–Kier alpha value is -3.15. The van der Waals surface area contributed by atoms with Gasteiger partial charge in [-0.2, -0.15) is 10.1 Å². The van der Waals surface area contributed by atoms with Crippen molar-refractivity contribution in [3.63, 3.8) is 0 Å². The third kappa shape index (κ3) is 4.16. The third-order valence-electron chi connectivity index (χ3n) is 3.20. The van der Waals surface area contributed by atoms with Gasteiger partial charge in [-0.15, -0.1) is 5.10 Å². The van der Waals surface area contributed by atoms with Crippen LogP contribution in [0.2, 0.25) is 0 Å². The number of anilines is 3. The van der Waals surface area contributed by atoms with Crippen LogP contribution in [0.1, 0.15) is 5.56 Å². The summed E-state index contributed by atoms with van der Waals surface area (Å²) < 4.78 is 5.20. The lowest BCUT2D eigenvalue weighted by Crippen LogP contribution is -2.05. The van der Waals surface area contributed by atoms with Crippen LogP contribution in [0.3, 0.4) is 0 Å². The van der Waals surface area contributed by atoms with Gasteiger partial charge in [0.25, 0.3) is 0 Å². The van der Waals surface area contributed by atoms with E-state index in [2.05, 4.69) is 37.9 Å². The van der Waals surface area contributed by atoms with Gasteiger partial charge in [0.15, 0.2) is 5.82 Å². The highest BCUT2D eigenvalue weighted by Crippen LogP contribution is 2.19. The molecule has 3 aromatic rings. The maximum atomic E-state index is 5.20. The molecule has 2 N–H and O–H groups in total. The predicted molar refractivity (Wildman–Crippen MR) is 89.9 cm³/mol. The van der Waals surface area contributed by atoms with Gasteiger partial charge in [-0.1, -0.05) is 36.4 Å². The Morgan fingerprint density at radius 3 is 2.74 bits per heavy atom. The van der Waals surface area contributed by atoms with E-state index in [0.29, 0.717) is 18.3 Å². The van der Waals surface area contributed by atoms with Gasteiger partial charge < -0.3 is 15.4 Å². The van der Waals surface area contributed by atoms with E-state index in [0.717, 1.165) is 11.4 Å². The number of hydrogen-bond donors (Lipinski definition) is 2. The molecule has 0 spiro atoms. The fourth-order valence-electron chi connectivity index (χ4n) is 2.06. The molecule has 1 heterocycles. The Balaban J connectivity index is 1.67. The highest BCUT2D eigenvalue weighted by atomic mass is 16.5. The summed E-state index contributed by atoms with van der Waals surface area (Å²) in [5, 5.41) is 14.3. The molecule has 1 aromatic heterocycles. The molecule has 0 unspecified atom stereocenters. The monoisotopic (exact) mass is 307 g/mol. The van der Waals surface area contributed by atoms with Crippen LogP contribution in [-0.4, -0.2) is 22.3 Å². The van der Waals surface area contributed by atoms with Crippen LogP contribution in [0.5, 0.6) is 5.75 Å². The van der Waals surface area contributed by atoms with Crippen molar-refractivity contribution in [1.82, 2.24) is 15.2 Å². The van der Waals surface area contributed by atoms with E-state index in [-0.39, 0.29) is 0 Å². The van der Waals surface area contributed by atoms with Crippen molar-refractivity contribution in [2.24, 2.45) is 0 Å². The van der Waals surface area contributed by atoms with Crippen molar-refractivity contribution in [3.8, 4) is 5.75 Å². The molecule has 0 fully saturated rings. The fraction of sp³-hybridized carbons (Fsp3) is 0.118. The van der Waals surface area contributed by atoms with E-state index in [9.17, 15) is 0 Å². The zero-order valence-electron chi connectivity index (χ0n) is 12.7. The average molecular weight is 307 g/mol. The summed E-state index contributed by atoms with van der Waals surface area (Å²) in [4.78, 5) is 4.40. The predicted octanol–water partition coefficient (Wildman–Crippen LogP) is 3.24. The molecule has 0 radical (unpaired) electrons. The second-order valence-electron chi connectivity index (χ2n) is 4.86. The van der Waals surface area contributed by atoms with Gasteiger partial charge in [0.2, 0.25) is 5.95 Å². The molecular formula is C17H17N5O. The number of benzene rings is 2. The molecule has 0 saturated heterocycles. The Morgan fingerprint density at radius 1 is 1.04 bits per heavy atom. The van der Waals surface area contributed by atoms with Crippen molar-refractivity contribution < 1.29 is 4.74 Å². The Kier molecular flexibility index (Phi) is 4.63. The van der Waals surface area contributed by atoms with Gasteiger partial charge in [0.05, 0.1) is 13.3 Å². The van der Waals surface area contributed by atoms with E-state index in [1.165, 1.54) is 5.56 Å². The first-order chi connectivity index (χ1) is 11.3. The zero-order chi connectivity index (χ0) is 15.9. The number of nitrogens with one attached hydrogen (secondary N) is 2. The van der Waals surface area contributed by atoms with Gasteiger partial charge in [-0.3, -0.25) is 0 Å². The van der Waals surface area contributed by atoms with Gasteiger partial charge in [-0.25, -0.2) is 0 Å². The summed E-state index contributed by atoms with van der Waals surface area (Å²) >= 11 is 0. The van der Waals surface area contributed by atoms with Gasteiger partial charge in [-0.05, 0) is 17.7 Å². The second-order valence-corrected chi connectivity index (χ2v) is 4.86. The van der Waals surface area contributed by atoms with Crippen molar-refractivity contribution in [2.45, 2.75) is 6.54 Å². The van der Waals surface area contributed by atoms with E-state index < -0.39 is 0 Å². The molecule has 0 bridgehead atoms. The standard InChI is InChI=1S/C17H17N5O/c1-23-15-9-5-8-14(10-15)20-17-21-16(12-19-22-17)18-11-13-6-3-2-4-7-13/h2-10,12H,11H2,1H3,(H2,18,20,21,22). The SMILES string of the molecule is COc1cccc(Nc2nncc(NCc3ccccc3)n2)c1. The van der Waals surface area contributed by atoms with Gasteiger partial charge >= 0.3 is 0 Å². The molecule has 23 heavy (non-hydrogen) atoms. The van der Waals surface area contributed by atoms with E-state index in [1.807, 2.05) is 42.5 Å². The van der Waals surface area contributed by atoms with E-state index in [1.54, 1.807) is 13.3 Å². The first-order valence-electron chi connectivity index (χ1n) is 7.22. The molecule has 0 aliphatic heterocycles. The molecule has 116 valence electrons. The number of aromatic nitrogens is 3. The molecule has 0 aliphatic rings. The molecule has 0 amide bonds. The van der Waals surface area contributed by atoms with Crippen molar-refractivity contribution >= 4 is 17.5 Å². The number of methoxy groups -OCH3 is 1. The quantitative estimate of drug-likeness (QED) is 0.728. The van der Waals surface area contributed by atoms with Crippen LogP contribution in [0.15, 0.2) is 60.8 Å². The highest BCUT2D eigenvalue weighted by molar-refractivity contribution is 5.56. The second kappa shape index (κ2) is 7.22. The van der Waals surface area contributed by atoms with Crippen LogP contribution in [0, 0.1) is 0 Å². The van der Waals surface area contributed by atoms with Crippen LogP contribution in [-0.2, 0) is 6.54 Å². The lowest BCUT2D eigenvalue weighted by atomic mass is 10.2. The summed E-state index contributed by atoms with van der Waals surface area (Å²) in [6.45, 7) is 0.679. The van der Waals surface area contributed by atoms with Crippen molar-refractivity contribution in [3.05, 3.63) is 66.4 Å². The zero-order valence-corrected chi connectivity index (χ0v) is 12.7. The lowest BCUT2D eigenvalue weighted by molar-refractivity contribution is 0.415. The number of rotatable bonds is 6. The topological polar surface area (TPSA) is 72.0 Å². The van der Waals surface area contributed by atoms with E-state index >= 15 is 0 Å². The van der Waals surface area contributed by atoms with Crippen LogP contribution in [0.4, 0.5) is 17.5 Å². The highest BCUT2D eigenvalue weighted by Gasteiger charge is 2.02. The number of ether oxygens (including phenoxy) is 1. The average Bonchev–Trinajstić information content (AvgIpc) is 2.61. The van der Waals surface area contributed by atoms with Crippen molar-refractivity contribution in [1.29, 1.82) is 0 Å². The van der Waals surface area contributed by atoms with Crippen LogP contribution >= 0.6 is 0 Å². The van der Waals surface area contributed by atoms with E-state index in [4.69, 9.17) is 4.74 Å². The van der Waals surface area contributed by atoms with Crippen LogP contribution < -0.4 is 15.4 Å². The number of nitrogens with zero attached hydrogens (tertiary/aromatic N) is 3. The van der Waals surface area contributed by atoms with Gasteiger partial charge in [0.1, 0.15) is 5.75 Å². The molecule has 0 saturated carbocycles. The molecule has 3 rings (SSSR count). The summed E-state index contributed by atoms with van der Waals surface area (Å²) in [6.07, 6.45) is 1.60. The summed E-state index contributed by atoms with van der Waals surface area (Å²) in [7, 11) is 1.63. The maximum absolute atomic E-state index is 5.20. The minimum Gasteiger partial charge on any atom is -0.497 e. The first-order valence-corrected chi connectivity index (χ1v) is 7.22. The summed E-state index contributed by atoms with van der Waals surface area (Å²) in [5.74, 6) is 1.85. The Bertz CT molecular complexity index is 764. The Labute approximate surface area is 134 Å². The molecule has 2 aromatic carbocycles. The largest absolute Gasteiger partial charge is 0.497 e. The minimum atomic E-state index is 0.427. The van der Waals surface area contributed by atoms with Crippen LogP contribution in [0.25, 0.3) is 0 Å². The smallest absolute Gasteiger partial charge is 0.249 e. The summed E-state index contributed by atoms with van der Waals surface area (Å²) in [6, 6.07) is 17.7. The first kappa shape index (κ1) is 14.8. The van der Waals surface area contributed by atoms with Gasteiger partial charge in [0, 0.05) is 18.3 Å². The third-order valence-corrected chi connectivity index (χ3v) is 3.20. The summed E-state index contributed by atoms with van der Waals surface area (Å²) in [5.41, 5.74) is 2.01. The normalized spacial score (nSPS) is 10.1. The molecule has 0 aliphatic carbocycles. The molecule has 6 heteroatoms. The molecule has 0 atom stereocenters. The molecular weight excluding hydrogens is 290 g/mol. The molecule has 6 nitrogen and oxygen atoms in total.